The summed E-state index contributed by atoms with van der Waals surface area (Å²) in [4.78, 5) is 43.0. The third-order valence-corrected chi connectivity index (χ3v) is 7.81. The van der Waals surface area contributed by atoms with Gasteiger partial charge in [-0.2, -0.15) is 0 Å². The number of carbonyl (C=O) groups is 4. The lowest BCUT2D eigenvalue weighted by molar-refractivity contribution is -0.147. The number of hydrogen-bond donors (Lipinski definition) is 0. The highest BCUT2D eigenvalue weighted by molar-refractivity contribution is 5.67. The van der Waals surface area contributed by atoms with E-state index in [1.165, 1.54) is 38.8 Å². The number of ether oxygens (including phenoxy) is 4. The first kappa shape index (κ1) is 46.8. The molecular formula is C46H60O8. The number of benzene rings is 4. The third-order valence-electron chi connectivity index (χ3n) is 7.81. The molecule has 4 aromatic carbocycles. The lowest BCUT2D eigenvalue weighted by Gasteiger charge is -2.16. The zero-order valence-corrected chi connectivity index (χ0v) is 33.4. The highest BCUT2D eigenvalue weighted by Gasteiger charge is 2.13. The molecule has 8 nitrogen and oxygen atoms in total. The quantitative estimate of drug-likeness (QED) is 0.0929. The van der Waals surface area contributed by atoms with Crippen LogP contribution in [0.3, 0.4) is 0 Å². The summed E-state index contributed by atoms with van der Waals surface area (Å²) in [6.07, 6.45) is 5.02. The van der Waals surface area contributed by atoms with E-state index in [0.717, 1.165) is 49.7 Å². The molecular weight excluding hydrogens is 680 g/mol. The highest BCUT2D eigenvalue weighted by atomic mass is 16.6. The monoisotopic (exact) mass is 740 g/mol. The Balaban J connectivity index is 0.000000361. The van der Waals surface area contributed by atoms with Crippen LogP contribution in [0.5, 0.6) is 0 Å². The summed E-state index contributed by atoms with van der Waals surface area (Å²) in [7, 11) is 0. The minimum atomic E-state index is -0.244. The molecule has 4 aromatic rings. The molecule has 0 aromatic heterocycles. The summed E-state index contributed by atoms with van der Waals surface area (Å²) in [5.74, 6) is -0.862. The first-order chi connectivity index (χ1) is 25.9. The Hall–Kier alpha value is -5.24. The van der Waals surface area contributed by atoms with E-state index in [1.807, 2.05) is 130 Å². The van der Waals surface area contributed by atoms with Crippen molar-refractivity contribution in [1.29, 1.82) is 0 Å². The molecule has 4 unspecified atom stereocenters. The molecule has 4 atom stereocenters. The van der Waals surface area contributed by atoms with E-state index >= 15 is 0 Å². The Morgan fingerprint density at radius 3 is 1.20 bits per heavy atom. The van der Waals surface area contributed by atoms with Crippen LogP contribution in [0.15, 0.2) is 121 Å². The molecule has 0 spiro atoms. The first-order valence-corrected chi connectivity index (χ1v) is 18.7. The van der Waals surface area contributed by atoms with Crippen LogP contribution in [0.2, 0.25) is 0 Å². The molecule has 0 heterocycles. The van der Waals surface area contributed by atoms with Crippen molar-refractivity contribution in [3.05, 3.63) is 144 Å². The second-order valence-corrected chi connectivity index (χ2v) is 12.6. The second-order valence-electron chi connectivity index (χ2n) is 12.6. The van der Waals surface area contributed by atoms with Crippen LogP contribution in [0.4, 0.5) is 0 Å². The minimum absolute atomic E-state index is 0.00917. The summed E-state index contributed by atoms with van der Waals surface area (Å²) >= 11 is 0. The Morgan fingerprint density at radius 1 is 0.463 bits per heavy atom. The number of rotatable bonds is 14. The van der Waals surface area contributed by atoms with Gasteiger partial charge in [0, 0.05) is 40.5 Å². The Kier molecular flexibility index (Phi) is 24.5. The Labute approximate surface area is 323 Å². The highest BCUT2D eigenvalue weighted by Crippen LogP contribution is 2.20. The van der Waals surface area contributed by atoms with E-state index < -0.39 is 0 Å². The van der Waals surface area contributed by atoms with E-state index in [-0.39, 0.29) is 48.3 Å². The summed E-state index contributed by atoms with van der Waals surface area (Å²) in [5.41, 5.74) is 4.51. The van der Waals surface area contributed by atoms with Gasteiger partial charge >= 0.3 is 23.9 Å². The zero-order chi connectivity index (χ0) is 40.1. The van der Waals surface area contributed by atoms with Gasteiger partial charge in [-0.3, -0.25) is 19.2 Å². The molecule has 0 N–H and O–H groups in total. The molecule has 54 heavy (non-hydrogen) atoms. The first-order valence-electron chi connectivity index (χ1n) is 18.7. The molecule has 8 heteroatoms. The Morgan fingerprint density at radius 2 is 0.833 bits per heavy atom. The number of hydrogen-bond acceptors (Lipinski definition) is 8. The SMILES string of the molecule is CC(=O)OC(C)c1ccccc1.CCC(Cc1ccccc1)OC(C)=O.CCC(OC(C)=O)c1ccccc1.CCCC(Cc1ccccc1)OC(C)=O. The van der Waals surface area contributed by atoms with Gasteiger partial charge < -0.3 is 18.9 Å². The third kappa shape index (κ3) is 22.6. The topological polar surface area (TPSA) is 105 Å². The van der Waals surface area contributed by atoms with E-state index in [0.29, 0.717) is 0 Å². The molecule has 292 valence electrons. The van der Waals surface area contributed by atoms with Crippen LogP contribution >= 0.6 is 0 Å². The van der Waals surface area contributed by atoms with E-state index in [2.05, 4.69) is 19.1 Å². The van der Waals surface area contributed by atoms with E-state index in [9.17, 15) is 19.2 Å². The van der Waals surface area contributed by atoms with Crippen LogP contribution in [0.1, 0.15) is 116 Å². The van der Waals surface area contributed by atoms with Gasteiger partial charge in [-0.15, -0.1) is 0 Å². The van der Waals surface area contributed by atoms with Gasteiger partial charge in [-0.25, -0.2) is 0 Å². The van der Waals surface area contributed by atoms with Crippen LogP contribution in [0.25, 0.3) is 0 Å². The summed E-state index contributed by atoms with van der Waals surface area (Å²) in [6.45, 7) is 13.8. The minimum Gasteiger partial charge on any atom is -0.462 e. The van der Waals surface area contributed by atoms with Gasteiger partial charge in [-0.05, 0) is 48.4 Å². The second kappa shape index (κ2) is 28.3. The molecule has 0 amide bonds. The van der Waals surface area contributed by atoms with Crippen LogP contribution in [-0.4, -0.2) is 36.1 Å². The molecule has 0 saturated heterocycles. The average molecular weight is 741 g/mol. The molecule has 0 fully saturated rings. The summed E-state index contributed by atoms with van der Waals surface area (Å²) in [5, 5.41) is 0. The van der Waals surface area contributed by atoms with Crippen LogP contribution < -0.4 is 0 Å². The number of esters is 4. The van der Waals surface area contributed by atoms with E-state index in [1.54, 1.807) is 0 Å². The van der Waals surface area contributed by atoms with E-state index in [4.69, 9.17) is 18.9 Å². The normalized spacial score (nSPS) is 12.1. The zero-order valence-electron chi connectivity index (χ0n) is 33.4. The molecule has 0 aliphatic carbocycles. The largest absolute Gasteiger partial charge is 0.462 e. The predicted molar refractivity (Wildman–Crippen MR) is 214 cm³/mol. The van der Waals surface area contributed by atoms with Gasteiger partial charge in [0.15, 0.2) is 0 Å². The standard InChI is InChI=1S/C13H18O2.C12H16O2.C11H14O2.C10H12O2/c1-3-7-13(15-11(2)14)10-12-8-5-4-6-9-12;1-3-12(14-10(2)13)9-11-7-5-4-6-8-11;1-3-11(13-9(2)12)10-7-5-4-6-8-10;1-8(12-9(2)11)10-6-4-3-5-7-10/h4-6,8-9,13H,3,7,10H2,1-2H3;4-8,12H,3,9H2,1-2H3;4-8,11H,3H2,1-2H3;3-8H,1-2H3. The molecule has 0 aliphatic heterocycles. The predicted octanol–water partition coefficient (Wildman–Crippen LogP) is 10.5. The van der Waals surface area contributed by atoms with Crippen molar-refractivity contribution in [1.82, 2.24) is 0 Å². The summed E-state index contributed by atoms with van der Waals surface area (Å²) in [6, 6.07) is 39.6. The number of carbonyl (C=O) groups excluding carboxylic acids is 4. The fourth-order valence-electron chi connectivity index (χ4n) is 5.31. The van der Waals surface area contributed by atoms with Crippen molar-refractivity contribution in [2.45, 2.75) is 118 Å². The summed E-state index contributed by atoms with van der Waals surface area (Å²) < 4.78 is 20.6. The maximum Gasteiger partial charge on any atom is 0.303 e. The van der Waals surface area contributed by atoms with Gasteiger partial charge in [0.2, 0.25) is 0 Å². The average Bonchev–Trinajstić information content (AvgIpc) is 3.15. The maximum atomic E-state index is 10.9. The molecule has 0 aliphatic rings. The van der Waals surface area contributed by atoms with Crippen molar-refractivity contribution in [3.63, 3.8) is 0 Å². The van der Waals surface area contributed by atoms with Crippen molar-refractivity contribution in [3.8, 4) is 0 Å². The fraction of sp³-hybridized carbons (Fsp3) is 0.391. The van der Waals surface area contributed by atoms with Crippen molar-refractivity contribution in [2.75, 3.05) is 0 Å². The van der Waals surface area contributed by atoms with Gasteiger partial charge in [-0.1, -0.05) is 149 Å². The molecule has 0 saturated carbocycles. The smallest absolute Gasteiger partial charge is 0.303 e. The van der Waals surface area contributed by atoms with Crippen molar-refractivity contribution in [2.24, 2.45) is 0 Å². The van der Waals surface area contributed by atoms with Gasteiger partial charge in [0.25, 0.3) is 0 Å². The van der Waals surface area contributed by atoms with Gasteiger partial charge in [0.05, 0.1) is 0 Å². The lowest BCUT2D eigenvalue weighted by Crippen LogP contribution is -2.18. The van der Waals surface area contributed by atoms with Crippen LogP contribution in [-0.2, 0) is 51.0 Å². The molecule has 0 bridgehead atoms. The van der Waals surface area contributed by atoms with Crippen molar-refractivity contribution < 1.29 is 38.1 Å². The fourth-order valence-corrected chi connectivity index (χ4v) is 5.31. The lowest BCUT2D eigenvalue weighted by atomic mass is 10.0. The molecule has 4 rings (SSSR count). The molecule has 0 radical (unpaired) electrons. The van der Waals surface area contributed by atoms with Crippen molar-refractivity contribution >= 4 is 23.9 Å². The Bertz CT molecular complexity index is 1580. The maximum absolute atomic E-state index is 10.9. The van der Waals surface area contributed by atoms with Crippen LogP contribution in [0, 0.1) is 0 Å². The van der Waals surface area contributed by atoms with Gasteiger partial charge in [0.1, 0.15) is 24.4 Å².